The lowest BCUT2D eigenvalue weighted by atomic mass is 10.1. The molecule has 1 saturated heterocycles. The molecule has 1 rings (SSSR count). The summed E-state index contributed by atoms with van der Waals surface area (Å²) in [7, 11) is 0. The number of piperazine rings is 1. The van der Waals surface area contributed by atoms with Gasteiger partial charge in [-0.05, 0) is 20.4 Å². The molecule has 0 bridgehead atoms. The van der Waals surface area contributed by atoms with E-state index in [1.165, 1.54) is 0 Å². The number of aliphatic carboxylic acids is 1. The summed E-state index contributed by atoms with van der Waals surface area (Å²) in [5.74, 6) is -0.697. The first-order chi connectivity index (χ1) is 6.56. The van der Waals surface area contributed by atoms with E-state index in [0.717, 1.165) is 19.6 Å². The molecule has 1 aliphatic rings. The van der Waals surface area contributed by atoms with Crippen LogP contribution in [-0.2, 0) is 4.79 Å². The van der Waals surface area contributed by atoms with E-state index in [0.29, 0.717) is 12.6 Å². The van der Waals surface area contributed by atoms with Crippen molar-refractivity contribution in [3.05, 3.63) is 0 Å². The third kappa shape index (κ3) is 2.45. The highest BCUT2D eigenvalue weighted by Crippen LogP contribution is 2.12. The lowest BCUT2D eigenvalue weighted by molar-refractivity contribution is -0.146. The topological polar surface area (TPSA) is 43.8 Å². The summed E-state index contributed by atoms with van der Waals surface area (Å²) < 4.78 is 0. The Labute approximate surface area is 85.5 Å². The normalized spacial score (nSPS) is 25.6. The second-order valence-corrected chi connectivity index (χ2v) is 4.07. The van der Waals surface area contributed by atoms with Crippen LogP contribution >= 0.6 is 0 Å². The zero-order valence-electron chi connectivity index (χ0n) is 9.23. The lowest BCUT2D eigenvalue weighted by Gasteiger charge is -2.40. The van der Waals surface area contributed by atoms with Gasteiger partial charge >= 0.3 is 5.97 Å². The highest BCUT2D eigenvalue weighted by molar-refractivity contribution is 5.74. The molecule has 0 aromatic rings. The molecule has 0 amide bonds. The minimum Gasteiger partial charge on any atom is -0.480 e. The number of carbonyl (C=O) groups is 1. The Balaban J connectivity index is 2.62. The molecule has 1 atom stereocenters. The van der Waals surface area contributed by atoms with Gasteiger partial charge in [-0.15, -0.1) is 0 Å². The van der Waals surface area contributed by atoms with Gasteiger partial charge in [0.1, 0.15) is 6.04 Å². The number of hydrogen-bond donors (Lipinski definition) is 1. The molecule has 1 fully saturated rings. The Hall–Kier alpha value is -0.610. The molecule has 0 aliphatic carbocycles. The Bertz CT molecular complexity index is 206. The van der Waals surface area contributed by atoms with Crippen LogP contribution in [-0.4, -0.2) is 59.1 Å². The van der Waals surface area contributed by atoms with Crippen molar-refractivity contribution in [3.63, 3.8) is 0 Å². The first kappa shape index (κ1) is 11.5. The zero-order chi connectivity index (χ0) is 10.7. The number of likely N-dealkylation sites (N-methyl/N-ethyl adjacent to an activating group) is 1. The molecule has 1 N–H and O–H groups in total. The molecule has 0 radical (unpaired) electrons. The smallest absolute Gasteiger partial charge is 0.322 e. The lowest BCUT2D eigenvalue weighted by Crippen LogP contribution is -2.57. The second-order valence-electron chi connectivity index (χ2n) is 4.07. The van der Waals surface area contributed by atoms with Gasteiger partial charge in [0.15, 0.2) is 0 Å². The fourth-order valence-electron chi connectivity index (χ4n) is 1.92. The number of rotatable bonds is 3. The van der Waals surface area contributed by atoms with Crippen LogP contribution in [0.3, 0.4) is 0 Å². The molecule has 1 heterocycles. The number of carboxylic acids is 1. The van der Waals surface area contributed by atoms with Gasteiger partial charge in [0, 0.05) is 25.7 Å². The van der Waals surface area contributed by atoms with E-state index >= 15 is 0 Å². The summed E-state index contributed by atoms with van der Waals surface area (Å²) in [6.45, 7) is 9.56. The minimum absolute atomic E-state index is 0.323. The highest BCUT2D eigenvalue weighted by atomic mass is 16.4. The molecule has 4 nitrogen and oxygen atoms in total. The predicted octanol–water partition coefficient (Wildman–Crippen LogP) is 0.485. The minimum atomic E-state index is -0.697. The molecular weight excluding hydrogens is 180 g/mol. The second kappa shape index (κ2) is 4.75. The van der Waals surface area contributed by atoms with Crippen LogP contribution in [0, 0.1) is 0 Å². The van der Waals surface area contributed by atoms with E-state index in [1.54, 1.807) is 0 Å². The fraction of sp³-hybridized carbons (Fsp3) is 0.900. The molecule has 0 spiro atoms. The molecule has 4 heteroatoms. The number of hydrogen-bond acceptors (Lipinski definition) is 3. The van der Waals surface area contributed by atoms with Crippen molar-refractivity contribution >= 4 is 5.97 Å². The standard InChI is InChI=1S/C10H20N2O2/c1-4-11-5-6-12(8(2)3)7-9(11)10(13)14/h8-9H,4-7H2,1-3H3,(H,13,14). The summed E-state index contributed by atoms with van der Waals surface area (Å²) in [6.07, 6.45) is 0. The summed E-state index contributed by atoms with van der Waals surface area (Å²) in [6, 6.07) is 0.118. The summed E-state index contributed by atoms with van der Waals surface area (Å²) in [5, 5.41) is 9.07. The van der Waals surface area contributed by atoms with Crippen LogP contribution in [0.15, 0.2) is 0 Å². The zero-order valence-corrected chi connectivity index (χ0v) is 9.23. The maximum atomic E-state index is 11.0. The van der Waals surface area contributed by atoms with Crippen molar-refractivity contribution in [2.24, 2.45) is 0 Å². The van der Waals surface area contributed by atoms with Crippen molar-refractivity contribution < 1.29 is 9.90 Å². The monoisotopic (exact) mass is 200 g/mol. The first-order valence-electron chi connectivity index (χ1n) is 5.27. The van der Waals surface area contributed by atoms with E-state index in [4.69, 9.17) is 5.11 Å². The van der Waals surface area contributed by atoms with E-state index in [2.05, 4.69) is 18.7 Å². The van der Waals surface area contributed by atoms with Crippen LogP contribution in [0.25, 0.3) is 0 Å². The molecule has 14 heavy (non-hydrogen) atoms. The highest BCUT2D eigenvalue weighted by Gasteiger charge is 2.31. The average Bonchev–Trinajstić information content (AvgIpc) is 2.16. The van der Waals surface area contributed by atoms with Gasteiger partial charge in [-0.1, -0.05) is 6.92 Å². The van der Waals surface area contributed by atoms with E-state index in [9.17, 15) is 4.79 Å². The van der Waals surface area contributed by atoms with Crippen molar-refractivity contribution in [1.29, 1.82) is 0 Å². The third-order valence-corrected chi connectivity index (χ3v) is 2.94. The van der Waals surface area contributed by atoms with Gasteiger partial charge in [0.05, 0.1) is 0 Å². The number of carboxylic acid groups (broad SMARTS) is 1. The first-order valence-corrected chi connectivity index (χ1v) is 5.27. The van der Waals surface area contributed by atoms with Gasteiger partial charge in [-0.25, -0.2) is 0 Å². The quantitative estimate of drug-likeness (QED) is 0.720. The maximum Gasteiger partial charge on any atom is 0.322 e. The van der Waals surface area contributed by atoms with Crippen LogP contribution in [0.5, 0.6) is 0 Å². The Morgan fingerprint density at radius 2 is 2.14 bits per heavy atom. The van der Waals surface area contributed by atoms with Crippen molar-refractivity contribution in [2.45, 2.75) is 32.9 Å². The predicted molar refractivity (Wildman–Crippen MR) is 55.4 cm³/mol. The van der Waals surface area contributed by atoms with Gasteiger partial charge in [0.25, 0.3) is 0 Å². The molecule has 0 aromatic heterocycles. The summed E-state index contributed by atoms with van der Waals surface area (Å²) in [5.41, 5.74) is 0. The van der Waals surface area contributed by atoms with Crippen molar-refractivity contribution in [3.8, 4) is 0 Å². The maximum absolute atomic E-state index is 11.0. The number of nitrogens with zero attached hydrogens (tertiary/aromatic N) is 2. The molecular formula is C10H20N2O2. The van der Waals surface area contributed by atoms with Gasteiger partial charge in [-0.3, -0.25) is 14.6 Å². The van der Waals surface area contributed by atoms with Crippen LogP contribution in [0.2, 0.25) is 0 Å². The molecule has 1 aliphatic heterocycles. The van der Waals surface area contributed by atoms with Crippen LogP contribution in [0.4, 0.5) is 0 Å². The van der Waals surface area contributed by atoms with Crippen LogP contribution < -0.4 is 0 Å². The van der Waals surface area contributed by atoms with E-state index in [-0.39, 0.29) is 6.04 Å². The molecule has 82 valence electrons. The summed E-state index contributed by atoms with van der Waals surface area (Å²) in [4.78, 5) is 15.3. The average molecular weight is 200 g/mol. The summed E-state index contributed by atoms with van der Waals surface area (Å²) >= 11 is 0. The SMILES string of the molecule is CCN1CCN(C(C)C)CC1C(=O)O. The van der Waals surface area contributed by atoms with Crippen molar-refractivity contribution in [2.75, 3.05) is 26.2 Å². The third-order valence-electron chi connectivity index (χ3n) is 2.94. The van der Waals surface area contributed by atoms with Gasteiger partial charge in [-0.2, -0.15) is 0 Å². The Morgan fingerprint density at radius 3 is 2.57 bits per heavy atom. The Kier molecular flexibility index (Phi) is 3.89. The van der Waals surface area contributed by atoms with Crippen LogP contribution in [0.1, 0.15) is 20.8 Å². The largest absolute Gasteiger partial charge is 0.480 e. The van der Waals surface area contributed by atoms with Crippen molar-refractivity contribution in [1.82, 2.24) is 9.80 Å². The molecule has 0 aromatic carbocycles. The van der Waals surface area contributed by atoms with E-state index < -0.39 is 5.97 Å². The fourth-order valence-corrected chi connectivity index (χ4v) is 1.92. The Morgan fingerprint density at radius 1 is 1.50 bits per heavy atom. The van der Waals surface area contributed by atoms with Gasteiger partial charge < -0.3 is 5.11 Å². The van der Waals surface area contributed by atoms with E-state index in [1.807, 2.05) is 11.8 Å². The molecule has 1 unspecified atom stereocenters. The molecule has 0 saturated carbocycles. The van der Waals surface area contributed by atoms with Gasteiger partial charge in [0.2, 0.25) is 0 Å².